The predicted molar refractivity (Wildman–Crippen MR) is 153 cm³/mol. The van der Waals surface area contributed by atoms with Crippen molar-refractivity contribution in [2.45, 2.75) is 65.5 Å². The summed E-state index contributed by atoms with van der Waals surface area (Å²) in [6.45, 7) is 3.74. The molecule has 46 heavy (non-hydrogen) atoms. The van der Waals surface area contributed by atoms with Crippen molar-refractivity contribution < 1.29 is 36.6 Å². The molecule has 0 unspecified atom stereocenters. The maximum atomic E-state index is 13.6. The zero-order valence-corrected chi connectivity index (χ0v) is 25.5. The summed E-state index contributed by atoms with van der Waals surface area (Å²) >= 11 is 0. The van der Waals surface area contributed by atoms with Crippen molar-refractivity contribution in [3.63, 3.8) is 0 Å². The largest absolute Gasteiger partial charge is 0.490 e. The van der Waals surface area contributed by atoms with E-state index in [1.54, 1.807) is 0 Å². The lowest BCUT2D eigenvalue weighted by Gasteiger charge is -2.33. The Morgan fingerprint density at radius 3 is 1.43 bits per heavy atom. The molecule has 2 amide bonds. The molecule has 10 nitrogen and oxygen atoms in total. The third kappa shape index (κ3) is 6.17. The third-order valence-corrected chi connectivity index (χ3v) is 9.37. The first-order valence-electron chi connectivity index (χ1n) is 15.1. The van der Waals surface area contributed by atoms with Gasteiger partial charge in [-0.1, -0.05) is 0 Å². The Labute approximate surface area is 263 Å². The molecule has 0 bridgehead atoms. The van der Waals surface area contributed by atoms with Gasteiger partial charge in [-0.2, -0.15) is 10.5 Å². The zero-order chi connectivity index (χ0) is 33.2. The van der Waals surface area contributed by atoms with Crippen molar-refractivity contribution in [3.05, 3.63) is 47.0 Å². The van der Waals surface area contributed by atoms with Gasteiger partial charge < -0.3 is 19.3 Å². The fourth-order valence-electron chi connectivity index (χ4n) is 6.08. The molecule has 2 fully saturated rings. The van der Waals surface area contributed by atoms with Crippen molar-refractivity contribution in [3.8, 4) is 23.6 Å². The van der Waals surface area contributed by atoms with E-state index in [9.17, 15) is 27.2 Å². The van der Waals surface area contributed by atoms with E-state index in [2.05, 4.69) is 9.97 Å². The summed E-state index contributed by atoms with van der Waals surface area (Å²) in [5.74, 6) is -0.835. The Balaban J connectivity index is 0.000000181. The van der Waals surface area contributed by atoms with E-state index in [1.807, 2.05) is 12.1 Å². The fourth-order valence-corrected chi connectivity index (χ4v) is 6.08. The summed E-state index contributed by atoms with van der Waals surface area (Å²) in [7, 11) is 0. The Morgan fingerprint density at radius 1 is 0.761 bits per heavy atom. The maximum absolute atomic E-state index is 13.6. The number of ether oxygens (including phenoxy) is 2. The van der Waals surface area contributed by atoms with Crippen LogP contribution < -0.4 is 9.47 Å². The Bertz CT molecular complexity index is 1450. The van der Waals surface area contributed by atoms with Crippen molar-refractivity contribution in [1.29, 1.82) is 10.5 Å². The van der Waals surface area contributed by atoms with Crippen LogP contribution in [0.1, 0.15) is 61.8 Å². The minimum Gasteiger partial charge on any atom is -0.490 e. The smallest absolute Gasteiger partial charge is 0.252 e. The second-order valence-corrected chi connectivity index (χ2v) is 12.4. The predicted octanol–water partition coefficient (Wildman–Crippen LogP) is 4.71. The molecule has 0 radical (unpaired) electrons. The molecule has 6 rings (SSSR count). The van der Waals surface area contributed by atoms with Crippen LogP contribution in [0.4, 0.5) is 17.6 Å². The van der Waals surface area contributed by atoms with Crippen LogP contribution in [0.5, 0.6) is 11.5 Å². The monoisotopic (exact) mass is 642 g/mol. The van der Waals surface area contributed by atoms with E-state index in [0.717, 1.165) is 0 Å². The van der Waals surface area contributed by atoms with Gasteiger partial charge in [0.2, 0.25) is 11.8 Å². The second kappa shape index (κ2) is 13.1. The van der Waals surface area contributed by atoms with Gasteiger partial charge >= 0.3 is 0 Å². The quantitative estimate of drug-likeness (QED) is 0.414. The van der Waals surface area contributed by atoms with Crippen molar-refractivity contribution in [1.82, 2.24) is 19.8 Å². The van der Waals surface area contributed by atoms with Crippen LogP contribution in [0.15, 0.2) is 24.8 Å². The molecule has 14 heteroatoms. The topological polar surface area (TPSA) is 132 Å². The number of carbonyl (C=O) groups is 2. The molecule has 0 N–H and O–H groups in total. The van der Waals surface area contributed by atoms with Gasteiger partial charge in [0.05, 0.1) is 26.2 Å². The van der Waals surface area contributed by atoms with Crippen LogP contribution in [-0.4, -0.2) is 70.7 Å². The highest BCUT2D eigenvalue weighted by molar-refractivity contribution is 5.84. The van der Waals surface area contributed by atoms with E-state index in [1.165, 1.54) is 48.4 Å². The number of hydrogen-bond donors (Lipinski definition) is 0. The highest BCUT2D eigenvalue weighted by atomic mass is 19.3. The van der Waals surface area contributed by atoms with Crippen molar-refractivity contribution in [2.24, 2.45) is 22.7 Å². The number of nitrogens with zero attached hydrogens (tertiary/aromatic N) is 6. The number of nitriles is 2. The summed E-state index contributed by atoms with van der Waals surface area (Å²) in [6.07, 6.45) is 3.05. The van der Waals surface area contributed by atoms with E-state index in [0.29, 0.717) is 48.3 Å². The van der Waals surface area contributed by atoms with Crippen molar-refractivity contribution >= 4 is 11.8 Å². The lowest BCUT2D eigenvalue weighted by Crippen LogP contribution is -2.48. The Hall–Kier alpha value is -4.46. The van der Waals surface area contributed by atoms with Crippen LogP contribution in [-0.2, 0) is 22.7 Å². The van der Waals surface area contributed by atoms with Gasteiger partial charge in [0.1, 0.15) is 58.8 Å². The van der Waals surface area contributed by atoms with Crippen LogP contribution in [0.3, 0.4) is 0 Å². The summed E-state index contributed by atoms with van der Waals surface area (Å²) in [5.41, 5.74) is -1.58. The van der Waals surface area contributed by atoms with E-state index < -0.39 is 35.5 Å². The van der Waals surface area contributed by atoms with Crippen LogP contribution in [0.2, 0.25) is 0 Å². The highest BCUT2D eigenvalue weighted by Gasteiger charge is 2.56. The standard InChI is InChI=1S/2C16H17F2N3O2/c2*1-16(14(17)18,12-2-3-12)15(22)21-4-5-23-13-10(6-19)7-20-8-11(13)9-21/h2*7-8,12,14H,2-5,9H2,1H3/t2*16-/m10/s1. The molecule has 2 saturated carbocycles. The molecule has 2 aliphatic carbocycles. The number of fused-ring (bicyclic) bond motifs is 2. The van der Waals surface area contributed by atoms with E-state index >= 15 is 0 Å². The molecule has 0 aromatic carbocycles. The molecule has 2 aromatic rings. The van der Waals surface area contributed by atoms with Gasteiger partial charge in [0.15, 0.2) is 0 Å². The molecular weight excluding hydrogens is 608 g/mol. The van der Waals surface area contributed by atoms with Gasteiger partial charge in [0, 0.05) is 35.9 Å². The minimum atomic E-state index is -2.70. The molecule has 2 aliphatic heterocycles. The van der Waals surface area contributed by atoms with Gasteiger partial charge in [-0.3, -0.25) is 19.6 Å². The number of halogens is 4. The number of pyridine rings is 2. The molecular formula is C32H34F4N6O4. The number of rotatable bonds is 6. The van der Waals surface area contributed by atoms with Crippen molar-refractivity contribution in [2.75, 3.05) is 26.3 Å². The molecule has 0 spiro atoms. The lowest BCUT2D eigenvalue weighted by atomic mass is 9.83. The van der Waals surface area contributed by atoms with Crippen LogP contribution in [0, 0.1) is 45.3 Å². The van der Waals surface area contributed by atoms with E-state index in [-0.39, 0.29) is 62.4 Å². The number of amides is 2. The first kappa shape index (κ1) is 32.9. The second-order valence-electron chi connectivity index (χ2n) is 12.4. The number of carbonyl (C=O) groups excluding carboxylic acids is 2. The lowest BCUT2D eigenvalue weighted by molar-refractivity contribution is -0.154. The number of alkyl halides is 4. The van der Waals surface area contributed by atoms with Crippen LogP contribution in [0.25, 0.3) is 0 Å². The van der Waals surface area contributed by atoms with Crippen LogP contribution >= 0.6 is 0 Å². The number of aromatic nitrogens is 2. The van der Waals surface area contributed by atoms with Gasteiger partial charge in [0.25, 0.3) is 12.9 Å². The zero-order valence-electron chi connectivity index (χ0n) is 25.5. The summed E-state index contributed by atoms with van der Waals surface area (Å²) in [4.78, 5) is 36.3. The highest BCUT2D eigenvalue weighted by Crippen LogP contribution is 2.51. The third-order valence-electron chi connectivity index (χ3n) is 9.37. The van der Waals surface area contributed by atoms with Gasteiger partial charge in [-0.25, -0.2) is 17.6 Å². The molecule has 244 valence electrons. The molecule has 2 aromatic heterocycles. The average Bonchev–Trinajstić information content (AvgIpc) is 3.93. The Kier molecular flexibility index (Phi) is 9.38. The van der Waals surface area contributed by atoms with Gasteiger partial charge in [-0.05, 0) is 51.4 Å². The Morgan fingerprint density at radius 2 is 1.13 bits per heavy atom. The fraction of sp³-hybridized carbons (Fsp3) is 0.562. The molecule has 4 aliphatic rings. The first-order valence-corrected chi connectivity index (χ1v) is 15.1. The molecule has 0 saturated heterocycles. The molecule has 4 heterocycles. The maximum Gasteiger partial charge on any atom is 0.252 e. The summed E-state index contributed by atoms with van der Waals surface area (Å²) in [6, 6.07) is 3.99. The number of hydrogen-bond acceptors (Lipinski definition) is 8. The van der Waals surface area contributed by atoms with Gasteiger partial charge in [-0.15, -0.1) is 0 Å². The minimum absolute atomic E-state index is 0.131. The summed E-state index contributed by atoms with van der Waals surface area (Å²) < 4.78 is 65.4. The molecule has 2 atom stereocenters. The normalized spacial score (nSPS) is 20.0. The summed E-state index contributed by atoms with van der Waals surface area (Å²) in [5, 5.41) is 18.2. The average molecular weight is 643 g/mol. The SMILES string of the molecule is C[C@@](C(=O)N1CCOc2c(C#N)cncc2C1)(C(F)F)C1CC1.C[C@](C(=O)N1CCOc2c(C#N)cncc2C1)(C(F)F)C1CC1. The first-order chi connectivity index (χ1) is 22.0. The van der Waals surface area contributed by atoms with E-state index in [4.69, 9.17) is 20.0 Å².